The maximum absolute atomic E-state index is 12.7. The molecule has 2 heterocycles. The third kappa shape index (κ3) is 3.18. The van der Waals surface area contributed by atoms with Gasteiger partial charge in [0.25, 0.3) is 0 Å². The standard InChI is InChI=1S/C17H13Cl2N3O3/c1-2-25-17(24)10-5-9(19)7-11-13(10)14(20)15(22-11)16(23)12-6-8(18)3-4-21-12/h3-7,22H,2,20H2,1H3. The number of nitrogen functional groups attached to an aromatic ring is 1. The summed E-state index contributed by atoms with van der Waals surface area (Å²) in [6.07, 6.45) is 1.43. The van der Waals surface area contributed by atoms with Gasteiger partial charge in [-0.05, 0) is 31.2 Å². The first-order valence-electron chi connectivity index (χ1n) is 7.36. The Bertz CT molecular complexity index is 998. The number of fused-ring (bicyclic) bond motifs is 1. The van der Waals surface area contributed by atoms with Gasteiger partial charge >= 0.3 is 5.97 Å². The highest BCUT2D eigenvalue weighted by Gasteiger charge is 2.23. The average molecular weight is 378 g/mol. The molecular formula is C17H13Cl2N3O3. The van der Waals surface area contributed by atoms with Gasteiger partial charge in [0.05, 0.1) is 23.4 Å². The van der Waals surface area contributed by atoms with Gasteiger partial charge in [-0.3, -0.25) is 9.78 Å². The van der Waals surface area contributed by atoms with Gasteiger partial charge in [0.15, 0.2) is 0 Å². The van der Waals surface area contributed by atoms with E-state index in [9.17, 15) is 9.59 Å². The molecule has 0 amide bonds. The summed E-state index contributed by atoms with van der Waals surface area (Å²) in [5.74, 6) is -1.01. The van der Waals surface area contributed by atoms with Crippen LogP contribution >= 0.6 is 23.2 Å². The van der Waals surface area contributed by atoms with E-state index in [0.717, 1.165) is 0 Å². The molecular weight excluding hydrogens is 365 g/mol. The summed E-state index contributed by atoms with van der Waals surface area (Å²) >= 11 is 12.0. The van der Waals surface area contributed by atoms with E-state index in [-0.39, 0.29) is 29.2 Å². The van der Waals surface area contributed by atoms with Crippen molar-refractivity contribution in [1.82, 2.24) is 9.97 Å². The number of aromatic amines is 1. The van der Waals surface area contributed by atoms with Crippen LogP contribution in [0.15, 0.2) is 30.5 Å². The van der Waals surface area contributed by atoms with Crippen LogP contribution < -0.4 is 5.73 Å². The zero-order valence-corrected chi connectivity index (χ0v) is 14.6. The number of nitrogens with zero attached hydrogens (tertiary/aromatic N) is 1. The van der Waals surface area contributed by atoms with Crippen molar-refractivity contribution in [3.63, 3.8) is 0 Å². The number of benzene rings is 1. The number of ether oxygens (including phenoxy) is 1. The number of nitrogens with one attached hydrogen (secondary N) is 1. The van der Waals surface area contributed by atoms with Crippen molar-refractivity contribution in [3.8, 4) is 0 Å². The number of hydrogen-bond donors (Lipinski definition) is 2. The fourth-order valence-corrected chi connectivity index (χ4v) is 2.91. The highest BCUT2D eigenvalue weighted by Crippen LogP contribution is 2.32. The first kappa shape index (κ1) is 17.3. The average Bonchev–Trinajstić information content (AvgIpc) is 2.90. The number of hydrogen-bond acceptors (Lipinski definition) is 5. The number of H-pyrrole nitrogens is 1. The Morgan fingerprint density at radius 3 is 2.68 bits per heavy atom. The van der Waals surface area contributed by atoms with Gasteiger partial charge in [-0.1, -0.05) is 23.2 Å². The number of pyridine rings is 1. The van der Waals surface area contributed by atoms with E-state index < -0.39 is 11.8 Å². The van der Waals surface area contributed by atoms with Gasteiger partial charge < -0.3 is 15.5 Å². The number of esters is 1. The predicted octanol–water partition coefficient (Wildman–Crippen LogP) is 3.86. The van der Waals surface area contributed by atoms with Gasteiger partial charge in [-0.2, -0.15) is 0 Å². The number of nitrogens with two attached hydrogens (primary N) is 1. The van der Waals surface area contributed by atoms with E-state index in [4.69, 9.17) is 33.7 Å². The number of rotatable bonds is 4. The van der Waals surface area contributed by atoms with Gasteiger partial charge in [0.1, 0.15) is 11.4 Å². The summed E-state index contributed by atoms with van der Waals surface area (Å²) in [4.78, 5) is 31.8. The summed E-state index contributed by atoms with van der Waals surface area (Å²) in [5.41, 5.74) is 7.15. The molecule has 0 bridgehead atoms. The number of ketones is 1. The first-order chi connectivity index (χ1) is 11.9. The number of carbonyl (C=O) groups excluding carboxylic acids is 2. The molecule has 8 heteroatoms. The lowest BCUT2D eigenvalue weighted by Gasteiger charge is -2.05. The Morgan fingerprint density at radius 1 is 1.24 bits per heavy atom. The Balaban J connectivity index is 2.18. The molecule has 2 aromatic heterocycles. The van der Waals surface area contributed by atoms with Crippen LogP contribution in [0, 0.1) is 0 Å². The molecule has 0 saturated carbocycles. The molecule has 0 unspecified atom stereocenters. The second-order valence-electron chi connectivity index (χ2n) is 5.20. The summed E-state index contributed by atoms with van der Waals surface area (Å²) in [7, 11) is 0. The molecule has 0 radical (unpaired) electrons. The number of aromatic nitrogens is 2. The highest BCUT2D eigenvalue weighted by atomic mass is 35.5. The SMILES string of the molecule is CCOC(=O)c1cc(Cl)cc2[nH]c(C(=O)c3cc(Cl)ccn3)c(N)c12. The molecule has 3 rings (SSSR count). The molecule has 0 aliphatic carbocycles. The van der Waals surface area contributed by atoms with Crippen LogP contribution in [-0.4, -0.2) is 28.3 Å². The zero-order chi connectivity index (χ0) is 18.1. The van der Waals surface area contributed by atoms with E-state index in [1.54, 1.807) is 19.1 Å². The van der Waals surface area contributed by atoms with Crippen molar-refractivity contribution in [2.75, 3.05) is 12.3 Å². The highest BCUT2D eigenvalue weighted by molar-refractivity contribution is 6.33. The maximum atomic E-state index is 12.7. The number of anilines is 1. The van der Waals surface area contributed by atoms with E-state index >= 15 is 0 Å². The minimum Gasteiger partial charge on any atom is -0.462 e. The van der Waals surface area contributed by atoms with Crippen LogP contribution in [0.4, 0.5) is 5.69 Å². The Kier molecular flexibility index (Phi) is 4.65. The van der Waals surface area contributed by atoms with Crippen LogP contribution in [0.2, 0.25) is 10.0 Å². The van der Waals surface area contributed by atoms with E-state index in [1.165, 1.54) is 18.3 Å². The number of halogens is 2. The minimum atomic E-state index is -0.569. The molecule has 0 atom stereocenters. The molecule has 0 fully saturated rings. The summed E-state index contributed by atoms with van der Waals surface area (Å²) in [6.45, 7) is 1.90. The van der Waals surface area contributed by atoms with Crippen LogP contribution in [-0.2, 0) is 4.74 Å². The summed E-state index contributed by atoms with van der Waals surface area (Å²) in [6, 6.07) is 6.04. The van der Waals surface area contributed by atoms with Crippen molar-refractivity contribution in [1.29, 1.82) is 0 Å². The van der Waals surface area contributed by atoms with Crippen LogP contribution in [0.25, 0.3) is 10.9 Å². The summed E-state index contributed by atoms with van der Waals surface area (Å²) < 4.78 is 5.03. The zero-order valence-electron chi connectivity index (χ0n) is 13.1. The minimum absolute atomic E-state index is 0.109. The Labute approximate surface area is 152 Å². The summed E-state index contributed by atoms with van der Waals surface area (Å²) in [5, 5.41) is 1.08. The first-order valence-corrected chi connectivity index (χ1v) is 8.12. The van der Waals surface area contributed by atoms with Crippen LogP contribution in [0.1, 0.15) is 33.5 Å². The normalized spacial score (nSPS) is 10.8. The lowest BCUT2D eigenvalue weighted by Crippen LogP contribution is -2.08. The lowest BCUT2D eigenvalue weighted by atomic mass is 10.1. The molecule has 3 aromatic rings. The quantitative estimate of drug-likeness (QED) is 0.531. The van der Waals surface area contributed by atoms with E-state index in [1.807, 2.05) is 0 Å². The second-order valence-corrected chi connectivity index (χ2v) is 6.07. The fraction of sp³-hybridized carbons (Fsp3) is 0.118. The molecule has 6 nitrogen and oxygen atoms in total. The molecule has 0 spiro atoms. The van der Waals surface area contributed by atoms with Gasteiger partial charge in [0.2, 0.25) is 5.78 Å². The predicted molar refractivity (Wildman–Crippen MR) is 96.4 cm³/mol. The van der Waals surface area contributed by atoms with Gasteiger partial charge in [0, 0.05) is 21.6 Å². The van der Waals surface area contributed by atoms with Gasteiger partial charge in [-0.25, -0.2) is 4.79 Å². The van der Waals surface area contributed by atoms with Gasteiger partial charge in [-0.15, -0.1) is 0 Å². The molecule has 3 N–H and O–H groups in total. The topological polar surface area (TPSA) is 98.1 Å². The Hall–Kier alpha value is -2.57. The maximum Gasteiger partial charge on any atom is 0.338 e. The second kappa shape index (κ2) is 6.74. The molecule has 25 heavy (non-hydrogen) atoms. The largest absolute Gasteiger partial charge is 0.462 e. The lowest BCUT2D eigenvalue weighted by molar-refractivity contribution is 0.0528. The molecule has 128 valence electrons. The smallest absolute Gasteiger partial charge is 0.338 e. The van der Waals surface area contributed by atoms with Crippen LogP contribution in [0.3, 0.4) is 0 Å². The van der Waals surface area contributed by atoms with E-state index in [2.05, 4.69) is 9.97 Å². The molecule has 0 aliphatic rings. The van der Waals surface area contributed by atoms with Crippen molar-refractivity contribution < 1.29 is 14.3 Å². The molecule has 0 saturated heterocycles. The third-order valence-electron chi connectivity index (χ3n) is 3.58. The van der Waals surface area contributed by atoms with Crippen molar-refractivity contribution in [2.45, 2.75) is 6.92 Å². The third-order valence-corrected chi connectivity index (χ3v) is 4.03. The monoisotopic (exact) mass is 377 g/mol. The van der Waals surface area contributed by atoms with Crippen molar-refractivity contribution in [3.05, 3.63) is 57.5 Å². The molecule has 0 aliphatic heterocycles. The van der Waals surface area contributed by atoms with Crippen molar-refractivity contribution in [2.24, 2.45) is 0 Å². The van der Waals surface area contributed by atoms with E-state index in [0.29, 0.717) is 20.9 Å². The fourth-order valence-electron chi connectivity index (χ4n) is 2.53. The number of carbonyl (C=O) groups is 2. The van der Waals surface area contributed by atoms with Crippen LogP contribution in [0.5, 0.6) is 0 Å². The Morgan fingerprint density at radius 2 is 2.00 bits per heavy atom. The molecule has 1 aromatic carbocycles. The van der Waals surface area contributed by atoms with Crippen molar-refractivity contribution >= 4 is 51.5 Å².